The van der Waals surface area contributed by atoms with Crippen molar-refractivity contribution in [1.82, 2.24) is 9.71 Å². The first-order chi connectivity index (χ1) is 13.4. The summed E-state index contributed by atoms with van der Waals surface area (Å²) in [5.74, 6) is -0.505. The second-order valence-electron chi connectivity index (χ2n) is 6.06. The Kier molecular flexibility index (Phi) is 6.07. The maximum absolute atomic E-state index is 13.0. The number of nitrogens with one attached hydrogen (secondary N) is 2. The van der Waals surface area contributed by atoms with Crippen LogP contribution in [-0.2, 0) is 26.0 Å². The second kappa shape index (κ2) is 8.34. The Bertz CT molecular complexity index is 1110. The summed E-state index contributed by atoms with van der Waals surface area (Å²) in [4.78, 5) is 15.3. The van der Waals surface area contributed by atoms with Gasteiger partial charge in [0.25, 0.3) is 0 Å². The number of aromatic amines is 1. The third-order valence-electron chi connectivity index (χ3n) is 4.30. The van der Waals surface area contributed by atoms with Gasteiger partial charge in [0.15, 0.2) is 0 Å². The summed E-state index contributed by atoms with van der Waals surface area (Å²) in [5.41, 5.74) is 1.70. The average molecular weight is 467 g/mol. The fraction of sp³-hybridized carbons (Fsp3) is 0.211. The van der Waals surface area contributed by atoms with E-state index in [0.717, 1.165) is 16.5 Å². The molecule has 28 heavy (non-hydrogen) atoms. The van der Waals surface area contributed by atoms with E-state index in [1.54, 1.807) is 12.3 Å². The van der Waals surface area contributed by atoms with Crippen LogP contribution in [0.1, 0.15) is 5.56 Å². The van der Waals surface area contributed by atoms with Gasteiger partial charge in [-0.15, -0.1) is 0 Å². The number of esters is 1. The number of sulfonamides is 1. The zero-order chi connectivity index (χ0) is 20.3. The molecule has 2 N–H and O–H groups in total. The van der Waals surface area contributed by atoms with Crippen LogP contribution in [0.15, 0.2) is 58.0 Å². The highest BCUT2D eigenvalue weighted by molar-refractivity contribution is 9.10. The Hall–Kier alpha value is -2.36. The van der Waals surface area contributed by atoms with Gasteiger partial charge in [-0.25, -0.2) is 8.42 Å². The monoisotopic (exact) mass is 466 g/mol. The summed E-state index contributed by atoms with van der Waals surface area (Å²) in [6.45, 7) is 0. The Morgan fingerprint density at radius 3 is 2.68 bits per heavy atom. The van der Waals surface area contributed by atoms with Gasteiger partial charge >= 0.3 is 5.97 Å². The normalized spacial score (nSPS) is 12.7. The summed E-state index contributed by atoms with van der Waals surface area (Å²) in [6, 6.07) is 11.1. The summed E-state index contributed by atoms with van der Waals surface area (Å²) < 4.78 is 38.9. The standard InChI is InChI=1S/C19H19BrN2O5S/c1-26-17-8-7-13(20)10-18(17)28(24,25)22-16(19(23)27-2)9-12-11-21-15-6-4-3-5-14(12)15/h3-8,10-11,16,21-22H,9H2,1-2H3. The van der Waals surface area contributed by atoms with Gasteiger partial charge in [-0.3, -0.25) is 4.79 Å². The van der Waals surface area contributed by atoms with Gasteiger partial charge < -0.3 is 14.5 Å². The topological polar surface area (TPSA) is 97.5 Å². The van der Waals surface area contributed by atoms with Gasteiger partial charge in [0.1, 0.15) is 16.7 Å². The molecule has 0 spiro atoms. The Labute approximate surface area is 171 Å². The Morgan fingerprint density at radius 1 is 1.21 bits per heavy atom. The lowest BCUT2D eigenvalue weighted by Gasteiger charge is -2.18. The zero-order valence-electron chi connectivity index (χ0n) is 15.2. The molecule has 0 aliphatic rings. The van der Waals surface area contributed by atoms with Crippen molar-refractivity contribution in [2.75, 3.05) is 14.2 Å². The molecule has 2 aromatic carbocycles. The number of carbonyl (C=O) groups excluding carboxylic acids is 1. The largest absolute Gasteiger partial charge is 0.495 e. The highest BCUT2D eigenvalue weighted by atomic mass is 79.9. The molecular formula is C19H19BrN2O5S. The second-order valence-corrected chi connectivity index (χ2v) is 8.65. The van der Waals surface area contributed by atoms with Crippen LogP contribution in [0.3, 0.4) is 0 Å². The van der Waals surface area contributed by atoms with E-state index in [9.17, 15) is 13.2 Å². The van der Waals surface area contributed by atoms with Gasteiger partial charge in [0, 0.05) is 28.0 Å². The molecule has 1 unspecified atom stereocenters. The molecule has 9 heteroatoms. The smallest absolute Gasteiger partial charge is 0.324 e. The third kappa shape index (κ3) is 4.21. The minimum atomic E-state index is -4.05. The quantitative estimate of drug-likeness (QED) is 0.521. The summed E-state index contributed by atoms with van der Waals surface area (Å²) in [6.07, 6.45) is 1.89. The molecule has 0 saturated carbocycles. The number of benzene rings is 2. The number of hydrogen-bond acceptors (Lipinski definition) is 5. The van der Waals surface area contributed by atoms with E-state index >= 15 is 0 Å². The molecule has 0 bridgehead atoms. The van der Waals surface area contributed by atoms with Crippen LogP contribution in [-0.4, -0.2) is 39.6 Å². The van der Waals surface area contributed by atoms with E-state index in [0.29, 0.717) is 4.47 Å². The third-order valence-corrected chi connectivity index (χ3v) is 6.28. The van der Waals surface area contributed by atoms with Gasteiger partial charge in [-0.05, 0) is 29.8 Å². The minimum Gasteiger partial charge on any atom is -0.495 e. The molecule has 1 aromatic heterocycles. The van der Waals surface area contributed by atoms with E-state index in [1.165, 1.54) is 26.4 Å². The number of halogens is 1. The van der Waals surface area contributed by atoms with Crippen molar-refractivity contribution in [3.63, 3.8) is 0 Å². The van der Waals surface area contributed by atoms with Crippen LogP contribution in [0.5, 0.6) is 5.75 Å². The first-order valence-electron chi connectivity index (χ1n) is 8.34. The molecular weight excluding hydrogens is 448 g/mol. The van der Waals surface area contributed by atoms with Crippen molar-refractivity contribution in [3.05, 3.63) is 58.7 Å². The summed E-state index contributed by atoms with van der Waals surface area (Å²) in [7, 11) is -1.45. The van der Waals surface area contributed by atoms with Gasteiger partial charge in [0.2, 0.25) is 10.0 Å². The molecule has 7 nitrogen and oxygen atoms in total. The SMILES string of the molecule is COC(=O)C(Cc1c[nH]c2ccccc12)NS(=O)(=O)c1cc(Br)ccc1OC. The fourth-order valence-corrected chi connectivity index (χ4v) is 4.84. The van der Waals surface area contributed by atoms with E-state index in [4.69, 9.17) is 9.47 Å². The lowest BCUT2D eigenvalue weighted by molar-refractivity contribution is -0.142. The van der Waals surface area contributed by atoms with Gasteiger partial charge in [0.05, 0.1) is 14.2 Å². The van der Waals surface area contributed by atoms with Crippen LogP contribution < -0.4 is 9.46 Å². The number of hydrogen-bond donors (Lipinski definition) is 2. The first-order valence-corrected chi connectivity index (χ1v) is 10.6. The maximum atomic E-state index is 13.0. The van der Waals surface area contributed by atoms with Crippen molar-refractivity contribution in [2.45, 2.75) is 17.4 Å². The predicted molar refractivity (Wildman–Crippen MR) is 109 cm³/mol. The zero-order valence-corrected chi connectivity index (χ0v) is 17.6. The first kappa shape index (κ1) is 20.4. The van der Waals surface area contributed by atoms with Gasteiger partial charge in [-0.1, -0.05) is 34.1 Å². The summed E-state index contributed by atoms with van der Waals surface area (Å²) in [5, 5.41) is 0.913. The van der Waals surface area contributed by atoms with Crippen LogP contribution in [0.4, 0.5) is 0 Å². The van der Waals surface area contributed by atoms with E-state index in [1.807, 2.05) is 24.3 Å². The molecule has 3 aromatic rings. The van der Waals surface area contributed by atoms with Crippen molar-refractivity contribution < 1.29 is 22.7 Å². The predicted octanol–water partition coefficient (Wildman–Crippen LogP) is 3.00. The van der Waals surface area contributed by atoms with Crippen molar-refractivity contribution in [3.8, 4) is 5.75 Å². The number of ether oxygens (including phenoxy) is 2. The van der Waals surface area contributed by atoms with E-state index < -0.39 is 22.0 Å². The highest BCUT2D eigenvalue weighted by Crippen LogP contribution is 2.28. The molecule has 3 rings (SSSR count). The lowest BCUT2D eigenvalue weighted by Crippen LogP contribution is -2.43. The van der Waals surface area contributed by atoms with Crippen molar-refractivity contribution in [2.24, 2.45) is 0 Å². The van der Waals surface area contributed by atoms with Crippen LogP contribution in [0.25, 0.3) is 10.9 Å². The highest BCUT2D eigenvalue weighted by Gasteiger charge is 2.29. The van der Waals surface area contributed by atoms with Gasteiger partial charge in [-0.2, -0.15) is 4.72 Å². The van der Waals surface area contributed by atoms with Crippen LogP contribution >= 0.6 is 15.9 Å². The molecule has 1 atom stereocenters. The van der Waals surface area contributed by atoms with Crippen molar-refractivity contribution >= 4 is 42.8 Å². The number of rotatable bonds is 7. The molecule has 0 fully saturated rings. The summed E-state index contributed by atoms with van der Waals surface area (Å²) >= 11 is 3.26. The molecule has 0 aliphatic carbocycles. The average Bonchev–Trinajstić information content (AvgIpc) is 3.09. The Morgan fingerprint density at radius 2 is 1.96 bits per heavy atom. The van der Waals surface area contributed by atoms with Crippen molar-refractivity contribution in [1.29, 1.82) is 0 Å². The van der Waals surface area contributed by atoms with E-state index in [2.05, 4.69) is 25.6 Å². The molecule has 0 radical (unpaired) electrons. The number of fused-ring (bicyclic) bond motifs is 1. The number of para-hydroxylation sites is 1. The molecule has 0 amide bonds. The maximum Gasteiger partial charge on any atom is 0.324 e. The number of aromatic nitrogens is 1. The fourth-order valence-electron chi connectivity index (χ4n) is 2.95. The molecule has 148 valence electrons. The molecule has 1 heterocycles. The van der Waals surface area contributed by atoms with Crippen LogP contribution in [0.2, 0.25) is 0 Å². The number of methoxy groups -OCH3 is 2. The Balaban J connectivity index is 1.95. The lowest BCUT2D eigenvalue weighted by atomic mass is 10.1. The number of H-pyrrole nitrogens is 1. The van der Waals surface area contributed by atoms with E-state index in [-0.39, 0.29) is 17.1 Å². The number of carbonyl (C=O) groups is 1. The molecule has 0 saturated heterocycles. The van der Waals surface area contributed by atoms with Crippen LogP contribution in [0, 0.1) is 0 Å². The molecule has 0 aliphatic heterocycles. The minimum absolute atomic E-state index is 0.0720.